The van der Waals surface area contributed by atoms with Crippen LogP contribution in [0.1, 0.15) is 17.1 Å². The van der Waals surface area contributed by atoms with E-state index in [1.54, 1.807) is 6.92 Å². The summed E-state index contributed by atoms with van der Waals surface area (Å²) in [6.45, 7) is 0.803. The van der Waals surface area contributed by atoms with Crippen LogP contribution in [0, 0.1) is 12.7 Å². The SMILES string of the molecule is COc1cc(-c2cc(C(F)(F)F)cc3c2n(C)c(=O)n3CC(=O)Nc2cc(C)no2)cc(F)c1OCc1ncn[nH]1. The normalized spacial score (nSPS) is 11.7. The molecule has 1 amide bonds. The Morgan fingerprint density at radius 1 is 1.20 bits per heavy atom. The third-order valence-electron chi connectivity index (χ3n) is 6.11. The van der Waals surface area contributed by atoms with Crippen molar-refractivity contribution < 1.29 is 36.4 Å². The molecule has 16 heteroatoms. The fraction of sp³-hybridized carbons (Fsp3) is 0.240. The number of nitrogens with zero attached hydrogens (tertiary/aromatic N) is 5. The van der Waals surface area contributed by atoms with Gasteiger partial charge >= 0.3 is 11.9 Å². The van der Waals surface area contributed by atoms with Gasteiger partial charge in [-0.3, -0.25) is 24.3 Å². The van der Waals surface area contributed by atoms with Crippen LogP contribution in [0.5, 0.6) is 11.5 Å². The van der Waals surface area contributed by atoms with E-state index in [0.29, 0.717) is 11.5 Å². The molecule has 0 spiro atoms. The molecule has 0 radical (unpaired) electrons. The third kappa shape index (κ3) is 5.35. The number of ether oxygens (including phenoxy) is 2. The highest BCUT2D eigenvalue weighted by molar-refractivity contribution is 5.96. The van der Waals surface area contributed by atoms with E-state index in [1.165, 1.54) is 32.6 Å². The fourth-order valence-corrected chi connectivity index (χ4v) is 4.29. The highest BCUT2D eigenvalue weighted by Crippen LogP contribution is 2.41. The maximum atomic E-state index is 15.3. The van der Waals surface area contributed by atoms with E-state index in [9.17, 15) is 22.8 Å². The molecular weight excluding hydrogens is 554 g/mol. The number of imidazole rings is 1. The lowest BCUT2D eigenvalue weighted by molar-refractivity contribution is -0.137. The molecule has 0 fully saturated rings. The quantitative estimate of drug-likeness (QED) is 0.266. The summed E-state index contributed by atoms with van der Waals surface area (Å²) < 4.78 is 74.9. The van der Waals surface area contributed by atoms with Crippen molar-refractivity contribution in [1.29, 1.82) is 0 Å². The number of H-pyrrole nitrogens is 1. The molecular formula is C25H21F4N7O5. The van der Waals surface area contributed by atoms with Gasteiger partial charge in [0.05, 0.1) is 29.4 Å². The Hall–Kier alpha value is -5.15. The largest absolute Gasteiger partial charge is 0.493 e. The van der Waals surface area contributed by atoms with Crippen molar-refractivity contribution in [3.8, 4) is 22.6 Å². The van der Waals surface area contributed by atoms with Crippen LogP contribution >= 0.6 is 0 Å². The summed E-state index contributed by atoms with van der Waals surface area (Å²) in [6, 6.07) is 5.24. The van der Waals surface area contributed by atoms with Crippen LogP contribution < -0.4 is 20.5 Å². The van der Waals surface area contributed by atoms with E-state index in [2.05, 4.69) is 25.7 Å². The first-order valence-electron chi connectivity index (χ1n) is 11.8. The topological polar surface area (TPSA) is 142 Å². The van der Waals surface area contributed by atoms with Gasteiger partial charge in [-0.2, -0.15) is 18.3 Å². The molecule has 0 aliphatic carbocycles. The minimum atomic E-state index is -4.83. The van der Waals surface area contributed by atoms with E-state index >= 15 is 4.39 Å². The number of alkyl halides is 3. The van der Waals surface area contributed by atoms with Crippen LogP contribution in [0.3, 0.4) is 0 Å². The van der Waals surface area contributed by atoms with E-state index in [-0.39, 0.29) is 46.2 Å². The van der Waals surface area contributed by atoms with Gasteiger partial charge < -0.3 is 14.0 Å². The zero-order valence-corrected chi connectivity index (χ0v) is 21.7. The number of aryl methyl sites for hydroxylation is 2. The lowest BCUT2D eigenvalue weighted by atomic mass is 9.99. The minimum absolute atomic E-state index is 0.00523. The average molecular weight is 575 g/mol. The zero-order valence-electron chi connectivity index (χ0n) is 21.7. The molecule has 2 aromatic carbocycles. The van der Waals surface area contributed by atoms with Crippen molar-refractivity contribution in [3.63, 3.8) is 0 Å². The fourth-order valence-electron chi connectivity index (χ4n) is 4.29. The lowest BCUT2D eigenvalue weighted by Gasteiger charge is -2.15. The molecule has 214 valence electrons. The molecule has 0 bridgehead atoms. The second-order valence-corrected chi connectivity index (χ2v) is 8.91. The summed E-state index contributed by atoms with van der Waals surface area (Å²) in [4.78, 5) is 29.7. The molecule has 5 aromatic rings. The van der Waals surface area contributed by atoms with Gasteiger partial charge in [0, 0.05) is 18.7 Å². The van der Waals surface area contributed by atoms with Gasteiger partial charge in [0.1, 0.15) is 19.5 Å². The lowest BCUT2D eigenvalue weighted by Crippen LogP contribution is -2.28. The van der Waals surface area contributed by atoms with Gasteiger partial charge in [0.2, 0.25) is 11.8 Å². The maximum absolute atomic E-state index is 15.3. The number of anilines is 1. The molecule has 0 saturated carbocycles. The smallest absolute Gasteiger partial charge is 0.416 e. The Balaban J connectivity index is 1.62. The third-order valence-corrected chi connectivity index (χ3v) is 6.11. The molecule has 0 unspecified atom stereocenters. The van der Waals surface area contributed by atoms with E-state index in [4.69, 9.17) is 14.0 Å². The van der Waals surface area contributed by atoms with Crippen LogP contribution in [0.15, 0.2) is 46.0 Å². The van der Waals surface area contributed by atoms with Crippen LogP contribution in [0.2, 0.25) is 0 Å². The van der Waals surface area contributed by atoms with Crippen molar-refractivity contribution in [3.05, 3.63) is 70.0 Å². The number of carbonyl (C=O) groups excluding carboxylic acids is 1. The summed E-state index contributed by atoms with van der Waals surface area (Å²) in [5, 5.41) is 12.3. The van der Waals surface area contributed by atoms with Crippen molar-refractivity contribution in [1.82, 2.24) is 29.5 Å². The molecule has 3 heterocycles. The van der Waals surface area contributed by atoms with Crippen molar-refractivity contribution in [2.45, 2.75) is 26.3 Å². The summed E-state index contributed by atoms with van der Waals surface area (Å²) in [5.41, 5.74) is -1.73. The van der Waals surface area contributed by atoms with Gasteiger partial charge in [0.25, 0.3) is 0 Å². The number of aromatic nitrogens is 6. The van der Waals surface area contributed by atoms with Gasteiger partial charge in [-0.1, -0.05) is 5.16 Å². The van der Waals surface area contributed by atoms with Crippen LogP contribution in [-0.4, -0.2) is 42.5 Å². The van der Waals surface area contributed by atoms with Crippen LogP contribution in [0.25, 0.3) is 22.2 Å². The molecule has 5 rings (SSSR count). The Kier molecular flexibility index (Phi) is 6.98. The van der Waals surface area contributed by atoms with Gasteiger partial charge in [0.15, 0.2) is 23.1 Å². The Bertz CT molecular complexity index is 1810. The first-order chi connectivity index (χ1) is 19.5. The molecule has 0 atom stereocenters. The number of halogens is 4. The van der Waals surface area contributed by atoms with Gasteiger partial charge in [-0.15, -0.1) is 0 Å². The molecule has 3 aromatic heterocycles. The first-order valence-corrected chi connectivity index (χ1v) is 11.8. The highest BCUT2D eigenvalue weighted by atomic mass is 19.4. The number of amides is 1. The number of methoxy groups -OCH3 is 1. The van der Waals surface area contributed by atoms with Crippen molar-refractivity contribution in [2.24, 2.45) is 7.05 Å². The number of aromatic amines is 1. The first kappa shape index (κ1) is 27.4. The van der Waals surface area contributed by atoms with Gasteiger partial charge in [-0.25, -0.2) is 14.2 Å². The summed E-state index contributed by atoms with van der Waals surface area (Å²) in [5.74, 6) is -1.79. The number of nitrogens with one attached hydrogen (secondary N) is 2. The predicted molar refractivity (Wildman–Crippen MR) is 135 cm³/mol. The van der Waals surface area contributed by atoms with Gasteiger partial charge in [-0.05, 0) is 36.8 Å². The van der Waals surface area contributed by atoms with Crippen LogP contribution in [0.4, 0.5) is 23.4 Å². The molecule has 0 aliphatic rings. The maximum Gasteiger partial charge on any atom is 0.416 e. The zero-order chi connectivity index (χ0) is 29.5. The minimum Gasteiger partial charge on any atom is -0.493 e. The number of carbonyl (C=O) groups is 1. The molecule has 0 saturated heterocycles. The number of hydrogen-bond donors (Lipinski definition) is 2. The second kappa shape index (κ2) is 10.4. The molecule has 41 heavy (non-hydrogen) atoms. The summed E-state index contributed by atoms with van der Waals surface area (Å²) >= 11 is 0. The van der Waals surface area contributed by atoms with E-state index in [0.717, 1.165) is 27.3 Å². The number of fused-ring (bicyclic) bond motifs is 1. The van der Waals surface area contributed by atoms with Crippen LogP contribution in [-0.2, 0) is 31.2 Å². The average Bonchev–Trinajstić information content (AvgIpc) is 3.64. The van der Waals surface area contributed by atoms with E-state index < -0.39 is 35.7 Å². The Labute approximate surface area is 227 Å². The molecule has 12 nitrogen and oxygen atoms in total. The van der Waals surface area contributed by atoms with E-state index in [1.807, 2.05) is 0 Å². The number of rotatable bonds is 8. The number of hydrogen-bond acceptors (Lipinski definition) is 8. The Morgan fingerprint density at radius 3 is 2.61 bits per heavy atom. The second-order valence-electron chi connectivity index (χ2n) is 8.91. The highest BCUT2D eigenvalue weighted by Gasteiger charge is 2.33. The number of benzene rings is 2. The van der Waals surface area contributed by atoms with Crippen molar-refractivity contribution >= 4 is 22.8 Å². The van der Waals surface area contributed by atoms with Crippen molar-refractivity contribution in [2.75, 3.05) is 12.4 Å². The summed E-state index contributed by atoms with van der Waals surface area (Å²) in [6.07, 6.45) is -3.59. The predicted octanol–water partition coefficient (Wildman–Crippen LogP) is 3.81. The molecule has 0 aliphatic heterocycles. The Morgan fingerprint density at radius 2 is 1.98 bits per heavy atom. The summed E-state index contributed by atoms with van der Waals surface area (Å²) in [7, 11) is 2.57. The molecule has 2 N–H and O–H groups in total. The monoisotopic (exact) mass is 575 g/mol. The standard InChI is InChI=1S/C25H21F4N7O5/c1-12-4-21(41-34-12)32-20(37)9-36-17-8-14(25(27,28)29)7-15(22(17)35(2)24(36)38)13-5-16(26)23(18(6-13)39-3)40-10-19-30-11-31-33-19/h4-8,11H,9-10H2,1-3H3,(H,32,37)(H,30,31,33).